The molecule has 1 aromatic heterocycles. The third-order valence-corrected chi connectivity index (χ3v) is 4.03. The van der Waals surface area contributed by atoms with Crippen LogP contribution < -0.4 is 5.56 Å². The lowest BCUT2D eigenvalue weighted by Crippen LogP contribution is -2.31. The molecule has 18 heavy (non-hydrogen) atoms. The van der Waals surface area contributed by atoms with Crippen molar-refractivity contribution in [2.75, 3.05) is 13.6 Å². The molecule has 1 rings (SSSR count). The van der Waals surface area contributed by atoms with Crippen LogP contribution in [0.4, 0.5) is 13.2 Å². The molecule has 0 spiro atoms. The highest BCUT2D eigenvalue weighted by Crippen LogP contribution is 2.21. The second-order valence-electron chi connectivity index (χ2n) is 3.58. The molecule has 102 valence electrons. The van der Waals surface area contributed by atoms with Gasteiger partial charge >= 0.3 is 6.18 Å². The molecule has 0 aliphatic rings. The smallest absolute Gasteiger partial charge is 0.328 e. The van der Waals surface area contributed by atoms with Crippen molar-refractivity contribution >= 4 is 10.0 Å². The van der Waals surface area contributed by atoms with Crippen molar-refractivity contribution in [2.45, 2.75) is 17.5 Å². The maximum absolute atomic E-state index is 12.0. The van der Waals surface area contributed by atoms with E-state index >= 15 is 0 Å². The maximum Gasteiger partial charge on any atom is 0.390 e. The molecule has 1 N–H and O–H groups in total. The van der Waals surface area contributed by atoms with Gasteiger partial charge in [0.25, 0.3) is 0 Å². The summed E-state index contributed by atoms with van der Waals surface area (Å²) in [6.07, 6.45) is -4.71. The number of H-pyrrole nitrogens is 1. The molecular weight excluding hydrogens is 273 g/mol. The van der Waals surface area contributed by atoms with Crippen LogP contribution >= 0.6 is 0 Å². The lowest BCUT2D eigenvalue weighted by Gasteiger charge is -2.17. The van der Waals surface area contributed by atoms with Crippen LogP contribution in [0.5, 0.6) is 0 Å². The van der Waals surface area contributed by atoms with Crippen LogP contribution in [0.25, 0.3) is 0 Å². The van der Waals surface area contributed by atoms with Crippen LogP contribution in [0, 0.1) is 0 Å². The number of aromatic nitrogens is 1. The van der Waals surface area contributed by atoms with Gasteiger partial charge in [-0.15, -0.1) is 0 Å². The lowest BCUT2D eigenvalue weighted by molar-refractivity contribution is -0.135. The standard InChI is InChI=1S/C9H11F3N2O3S/c1-14(5-4-9(10,11)12)18(16,17)7-2-3-8(15)13-6-7/h2-3,6H,4-5H2,1H3,(H,13,15). The first-order chi connectivity index (χ1) is 8.13. The van der Waals surface area contributed by atoms with Gasteiger partial charge in [-0.1, -0.05) is 0 Å². The van der Waals surface area contributed by atoms with E-state index in [1.807, 2.05) is 0 Å². The minimum Gasteiger partial charge on any atom is -0.328 e. The highest BCUT2D eigenvalue weighted by atomic mass is 32.2. The molecule has 0 atom stereocenters. The normalized spacial score (nSPS) is 12.9. The summed E-state index contributed by atoms with van der Waals surface area (Å²) in [4.78, 5) is 12.7. The summed E-state index contributed by atoms with van der Waals surface area (Å²) in [6, 6.07) is 2.03. The summed E-state index contributed by atoms with van der Waals surface area (Å²) >= 11 is 0. The highest BCUT2D eigenvalue weighted by molar-refractivity contribution is 7.89. The molecule has 0 amide bonds. The SMILES string of the molecule is CN(CCC(F)(F)F)S(=O)(=O)c1ccc(=O)[nH]c1. The Labute approximate surface area is 101 Å². The predicted octanol–water partition coefficient (Wildman–Crippen LogP) is 0.948. The molecule has 5 nitrogen and oxygen atoms in total. The summed E-state index contributed by atoms with van der Waals surface area (Å²) in [5, 5.41) is 0. The molecular formula is C9H11F3N2O3S. The Morgan fingerprint density at radius 3 is 2.39 bits per heavy atom. The van der Waals surface area contributed by atoms with Crippen molar-refractivity contribution in [2.24, 2.45) is 0 Å². The van der Waals surface area contributed by atoms with Gasteiger partial charge in [-0.05, 0) is 6.07 Å². The zero-order valence-electron chi connectivity index (χ0n) is 9.36. The molecule has 0 fully saturated rings. The van der Waals surface area contributed by atoms with Crippen LogP contribution in [0.1, 0.15) is 6.42 Å². The number of hydrogen-bond donors (Lipinski definition) is 1. The summed E-state index contributed by atoms with van der Waals surface area (Å²) in [7, 11) is -2.97. The van der Waals surface area contributed by atoms with E-state index in [4.69, 9.17) is 0 Å². The molecule has 0 saturated heterocycles. The van der Waals surface area contributed by atoms with E-state index < -0.39 is 34.7 Å². The second-order valence-corrected chi connectivity index (χ2v) is 5.63. The summed E-state index contributed by atoms with van der Waals surface area (Å²) in [5.74, 6) is 0. The van der Waals surface area contributed by atoms with Gasteiger partial charge in [0.1, 0.15) is 0 Å². The Morgan fingerprint density at radius 2 is 1.94 bits per heavy atom. The van der Waals surface area contributed by atoms with Gasteiger partial charge in [-0.25, -0.2) is 12.7 Å². The third-order valence-electron chi connectivity index (χ3n) is 2.17. The number of hydrogen-bond acceptors (Lipinski definition) is 3. The van der Waals surface area contributed by atoms with Crippen molar-refractivity contribution in [1.82, 2.24) is 9.29 Å². The number of halogens is 3. The fourth-order valence-electron chi connectivity index (χ4n) is 1.14. The number of alkyl halides is 3. The zero-order valence-corrected chi connectivity index (χ0v) is 10.2. The first-order valence-electron chi connectivity index (χ1n) is 4.85. The fraction of sp³-hybridized carbons (Fsp3) is 0.444. The Balaban J connectivity index is 2.86. The van der Waals surface area contributed by atoms with Gasteiger partial charge < -0.3 is 4.98 Å². The molecule has 0 aliphatic heterocycles. The molecule has 1 heterocycles. The van der Waals surface area contributed by atoms with Crippen LogP contribution in [0.2, 0.25) is 0 Å². The number of aromatic amines is 1. The number of rotatable bonds is 4. The van der Waals surface area contributed by atoms with E-state index in [9.17, 15) is 26.4 Å². The number of nitrogens with zero attached hydrogens (tertiary/aromatic N) is 1. The first-order valence-corrected chi connectivity index (χ1v) is 6.29. The van der Waals surface area contributed by atoms with Gasteiger partial charge in [-0.2, -0.15) is 13.2 Å². The highest BCUT2D eigenvalue weighted by Gasteiger charge is 2.30. The van der Waals surface area contributed by atoms with Gasteiger partial charge in [0.05, 0.1) is 11.3 Å². The Bertz CT molecular complexity index is 545. The van der Waals surface area contributed by atoms with Crippen molar-refractivity contribution in [3.05, 3.63) is 28.7 Å². The largest absolute Gasteiger partial charge is 0.390 e. The third kappa shape index (κ3) is 3.84. The summed E-state index contributed by atoms with van der Waals surface area (Å²) in [5.41, 5.74) is -0.494. The molecule has 0 saturated carbocycles. The zero-order chi connectivity index (χ0) is 14.0. The van der Waals surface area contributed by atoms with Crippen LogP contribution in [-0.4, -0.2) is 37.5 Å². The van der Waals surface area contributed by atoms with Crippen molar-refractivity contribution < 1.29 is 21.6 Å². The van der Waals surface area contributed by atoms with Crippen molar-refractivity contribution in [3.8, 4) is 0 Å². The Kier molecular flexibility index (Phi) is 4.17. The maximum atomic E-state index is 12.0. The van der Waals surface area contributed by atoms with Crippen molar-refractivity contribution in [1.29, 1.82) is 0 Å². The van der Waals surface area contributed by atoms with E-state index in [-0.39, 0.29) is 4.90 Å². The average molecular weight is 284 g/mol. The monoisotopic (exact) mass is 284 g/mol. The second kappa shape index (κ2) is 5.11. The van der Waals surface area contributed by atoms with E-state index in [1.165, 1.54) is 0 Å². The van der Waals surface area contributed by atoms with Gasteiger partial charge in [-0.3, -0.25) is 4.79 Å². The number of pyridine rings is 1. The predicted molar refractivity (Wildman–Crippen MR) is 57.6 cm³/mol. The van der Waals surface area contributed by atoms with E-state index in [0.29, 0.717) is 4.31 Å². The molecule has 0 bridgehead atoms. The quantitative estimate of drug-likeness (QED) is 0.894. The van der Waals surface area contributed by atoms with Gasteiger partial charge in [0.15, 0.2) is 0 Å². The number of sulfonamides is 1. The fourth-order valence-corrected chi connectivity index (χ4v) is 2.28. The topological polar surface area (TPSA) is 70.2 Å². The molecule has 0 aliphatic carbocycles. The average Bonchev–Trinajstić information content (AvgIpc) is 2.25. The van der Waals surface area contributed by atoms with E-state index in [1.54, 1.807) is 0 Å². The summed E-state index contributed by atoms with van der Waals surface area (Å²) in [6.45, 7) is -0.676. The lowest BCUT2D eigenvalue weighted by atomic mass is 10.4. The first kappa shape index (κ1) is 14.7. The van der Waals surface area contributed by atoms with Crippen LogP contribution in [-0.2, 0) is 10.0 Å². The Hall–Kier alpha value is -1.35. The van der Waals surface area contributed by atoms with Crippen LogP contribution in [0.15, 0.2) is 28.0 Å². The Morgan fingerprint density at radius 1 is 1.33 bits per heavy atom. The molecule has 0 aromatic carbocycles. The molecule has 1 aromatic rings. The van der Waals surface area contributed by atoms with E-state index in [0.717, 1.165) is 25.4 Å². The minimum atomic E-state index is -4.42. The van der Waals surface area contributed by atoms with E-state index in [2.05, 4.69) is 4.98 Å². The molecule has 9 heteroatoms. The van der Waals surface area contributed by atoms with Gasteiger partial charge in [0.2, 0.25) is 15.6 Å². The molecule has 0 radical (unpaired) electrons. The molecule has 0 unspecified atom stereocenters. The summed E-state index contributed by atoms with van der Waals surface area (Å²) < 4.78 is 60.2. The number of nitrogens with one attached hydrogen (secondary N) is 1. The van der Waals surface area contributed by atoms with Gasteiger partial charge in [0, 0.05) is 25.9 Å². The van der Waals surface area contributed by atoms with Crippen LogP contribution in [0.3, 0.4) is 0 Å². The van der Waals surface area contributed by atoms with Crippen molar-refractivity contribution in [3.63, 3.8) is 0 Å². The minimum absolute atomic E-state index is 0.258.